The van der Waals surface area contributed by atoms with E-state index in [1.54, 1.807) is 4.90 Å². The van der Waals surface area contributed by atoms with E-state index in [0.717, 1.165) is 24.9 Å². The van der Waals surface area contributed by atoms with Crippen molar-refractivity contribution in [3.63, 3.8) is 0 Å². The normalized spacial score (nSPS) is 17.3. The second-order valence-electron chi connectivity index (χ2n) is 5.80. The summed E-state index contributed by atoms with van der Waals surface area (Å²) in [7, 11) is 0. The fourth-order valence-electron chi connectivity index (χ4n) is 2.56. The first-order valence-corrected chi connectivity index (χ1v) is 7.11. The topological polar surface area (TPSA) is 40.5 Å². The van der Waals surface area contributed by atoms with Gasteiger partial charge in [0.05, 0.1) is 12.6 Å². The first-order valence-electron chi connectivity index (χ1n) is 7.11. The van der Waals surface area contributed by atoms with Crippen LogP contribution in [-0.4, -0.2) is 29.0 Å². The highest BCUT2D eigenvalue weighted by Crippen LogP contribution is 2.19. The Morgan fingerprint density at radius 1 is 1.26 bits per heavy atom. The Morgan fingerprint density at radius 3 is 2.47 bits per heavy atom. The van der Waals surface area contributed by atoms with Gasteiger partial charge in [0.1, 0.15) is 0 Å². The van der Waals surface area contributed by atoms with E-state index in [-0.39, 0.29) is 5.91 Å². The molecule has 1 aromatic carbocycles. The zero-order valence-electron chi connectivity index (χ0n) is 11.8. The van der Waals surface area contributed by atoms with Gasteiger partial charge in [0.15, 0.2) is 0 Å². The first kappa shape index (κ1) is 14.1. The summed E-state index contributed by atoms with van der Waals surface area (Å²) >= 11 is 0. The van der Waals surface area contributed by atoms with Crippen LogP contribution in [0.25, 0.3) is 0 Å². The van der Waals surface area contributed by atoms with Crippen LogP contribution >= 0.6 is 0 Å². The maximum atomic E-state index is 11.5. The number of rotatable bonds is 5. The smallest absolute Gasteiger partial charge is 0.222 e. The number of likely N-dealkylation sites (tertiary alicyclic amines) is 1. The highest BCUT2D eigenvalue weighted by Gasteiger charge is 2.23. The van der Waals surface area contributed by atoms with Crippen LogP contribution in [0.15, 0.2) is 24.3 Å². The molecular weight excluding hydrogens is 238 g/mol. The molecule has 1 aromatic rings. The Labute approximate surface area is 115 Å². The number of carbonyl (C=O) groups is 1. The predicted octanol–water partition coefficient (Wildman–Crippen LogP) is 2.54. The SMILES string of the molecule is CC(C)Cc1ccc(C(O)CN2CCCC2=O)cc1. The molecule has 1 aliphatic rings. The van der Waals surface area contributed by atoms with Gasteiger partial charge >= 0.3 is 0 Å². The number of aliphatic hydroxyl groups excluding tert-OH is 1. The number of hydrogen-bond acceptors (Lipinski definition) is 2. The number of benzene rings is 1. The number of nitrogens with zero attached hydrogens (tertiary/aromatic N) is 1. The van der Waals surface area contributed by atoms with E-state index in [1.807, 2.05) is 12.1 Å². The minimum atomic E-state index is -0.574. The highest BCUT2D eigenvalue weighted by molar-refractivity contribution is 5.78. The first-order chi connectivity index (χ1) is 9.06. The fraction of sp³-hybridized carbons (Fsp3) is 0.562. The van der Waals surface area contributed by atoms with Crippen molar-refractivity contribution in [3.8, 4) is 0 Å². The van der Waals surface area contributed by atoms with Crippen molar-refractivity contribution >= 4 is 5.91 Å². The van der Waals surface area contributed by atoms with E-state index >= 15 is 0 Å². The molecular formula is C16H23NO2. The Balaban J connectivity index is 1.95. The fourth-order valence-corrected chi connectivity index (χ4v) is 2.56. The Kier molecular flexibility index (Phi) is 4.59. The number of β-amino-alcohol motifs (C(OH)–C–C–N with tert-alkyl or cyclic N) is 1. The molecule has 0 aromatic heterocycles. The Bertz CT molecular complexity index is 425. The summed E-state index contributed by atoms with van der Waals surface area (Å²) in [6, 6.07) is 8.10. The number of aliphatic hydroxyl groups is 1. The molecule has 0 spiro atoms. The molecule has 3 heteroatoms. The second-order valence-corrected chi connectivity index (χ2v) is 5.80. The van der Waals surface area contributed by atoms with Gasteiger partial charge in [-0.25, -0.2) is 0 Å². The second kappa shape index (κ2) is 6.20. The lowest BCUT2D eigenvalue weighted by Crippen LogP contribution is -2.29. The van der Waals surface area contributed by atoms with E-state index in [0.29, 0.717) is 18.9 Å². The molecule has 1 heterocycles. The van der Waals surface area contributed by atoms with Crippen molar-refractivity contribution in [3.05, 3.63) is 35.4 Å². The molecule has 0 aliphatic carbocycles. The minimum Gasteiger partial charge on any atom is -0.387 e. The molecule has 19 heavy (non-hydrogen) atoms. The molecule has 1 atom stereocenters. The molecule has 0 saturated carbocycles. The van der Waals surface area contributed by atoms with Crippen LogP contribution < -0.4 is 0 Å². The van der Waals surface area contributed by atoms with E-state index in [1.165, 1.54) is 5.56 Å². The molecule has 1 N–H and O–H groups in total. The quantitative estimate of drug-likeness (QED) is 0.885. The summed E-state index contributed by atoms with van der Waals surface area (Å²) in [4.78, 5) is 13.3. The van der Waals surface area contributed by atoms with Crippen molar-refractivity contribution in [2.45, 2.75) is 39.2 Å². The Morgan fingerprint density at radius 2 is 1.95 bits per heavy atom. The van der Waals surface area contributed by atoms with Gasteiger partial charge in [0.2, 0.25) is 5.91 Å². The van der Waals surface area contributed by atoms with Crippen molar-refractivity contribution in [1.82, 2.24) is 4.90 Å². The third-order valence-corrected chi connectivity index (χ3v) is 3.57. The maximum absolute atomic E-state index is 11.5. The molecule has 1 saturated heterocycles. The molecule has 3 nitrogen and oxygen atoms in total. The molecule has 2 rings (SSSR count). The molecule has 104 valence electrons. The molecule has 1 aliphatic heterocycles. The summed E-state index contributed by atoms with van der Waals surface area (Å²) in [5.74, 6) is 0.800. The van der Waals surface area contributed by atoms with Gasteiger partial charge in [-0.1, -0.05) is 38.1 Å². The van der Waals surface area contributed by atoms with Crippen LogP contribution in [0.2, 0.25) is 0 Å². The number of carbonyl (C=O) groups excluding carboxylic acids is 1. The lowest BCUT2D eigenvalue weighted by Gasteiger charge is -2.20. The van der Waals surface area contributed by atoms with Crippen molar-refractivity contribution in [2.75, 3.05) is 13.1 Å². The third kappa shape index (κ3) is 3.80. The van der Waals surface area contributed by atoms with Crippen LogP contribution in [0.1, 0.15) is 43.9 Å². The van der Waals surface area contributed by atoms with Crippen LogP contribution in [0.3, 0.4) is 0 Å². The summed E-state index contributed by atoms with van der Waals surface area (Å²) in [6.45, 7) is 5.59. The average molecular weight is 261 g/mol. The summed E-state index contributed by atoms with van der Waals surface area (Å²) in [6.07, 6.45) is 2.02. The summed E-state index contributed by atoms with van der Waals surface area (Å²) in [5, 5.41) is 10.2. The Hall–Kier alpha value is -1.35. The van der Waals surface area contributed by atoms with Crippen LogP contribution in [0.5, 0.6) is 0 Å². The van der Waals surface area contributed by atoms with Crippen LogP contribution in [0.4, 0.5) is 0 Å². The van der Waals surface area contributed by atoms with Crippen LogP contribution in [0, 0.1) is 5.92 Å². The van der Waals surface area contributed by atoms with E-state index < -0.39 is 6.10 Å². The van der Waals surface area contributed by atoms with Crippen molar-refractivity contribution in [1.29, 1.82) is 0 Å². The highest BCUT2D eigenvalue weighted by atomic mass is 16.3. The zero-order chi connectivity index (χ0) is 13.8. The maximum Gasteiger partial charge on any atom is 0.222 e. The number of hydrogen-bond donors (Lipinski definition) is 1. The molecule has 1 fully saturated rings. The van der Waals surface area contributed by atoms with Gasteiger partial charge in [0.25, 0.3) is 0 Å². The standard InChI is InChI=1S/C16H23NO2/c1-12(2)10-13-5-7-14(8-6-13)15(18)11-17-9-3-4-16(17)19/h5-8,12,15,18H,3-4,9-11H2,1-2H3. The zero-order valence-corrected chi connectivity index (χ0v) is 11.8. The van der Waals surface area contributed by atoms with E-state index in [9.17, 15) is 9.90 Å². The lowest BCUT2D eigenvalue weighted by atomic mass is 10.00. The summed E-state index contributed by atoms with van der Waals surface area (Å²) in [5.41, 5.74) is 2.19. The summed E-state index contributed by atoms with van der Waals surface area (Å²) < 4.78 is 0. The van der Waals surface area contributed by atoms with Gasteiger partial charge in [-0.3, -0.25) is 4.79 Å². The van der Waals surface area contributed by atoms with Gasteiger partial charge in [-0.05, 0) is 29.9 Å². The van der Waals surface area contributed by atoms with Crippen LogP contribution in [-0.2, 0) is 11.2 Å². The minimum absolute atomic E-state index is 0.162. The number of amides is 1. The van der Waals surface area contributed by atoms with E-state index in [4.69, 9.17) is 0 Å². The molecule has 0 bridgehead atoms. The molecule has 0 radical (unpaired) electrons. The third-order valence-electron chi connectivity index (χ3n) is 3.57. The van der Waals surface area contributed by atoms with E-state index in [2.05, 4.69) is 26.0 Å². The monoisotopic (exact) mass is 261 g/mol. The molecule has 1 amide bonds. The average Bonchev–Trinajstić information content (AvgIpc) is 2.75. The van der Waals surface area contributed by atoms with Crippen molar-refractivity contribution in [2.24, 2.45) is 5.92 Å². The predicted molar refractivity (Wildman–Crippen MR) is 75.8 cm³/mol. The molecule has 1 unspecified atom stereocenters. The van der Waals surface area contributed by atoms with Crippen molar-refractivity contribution < 1.29 is 9.90 Å². The van der Waals surface area contributed by atoms with Gasteiger partial charge in [0, 0.05) is 13.0 Å². The van der Waals surface area contributed by atoms with Gasteiger partial charge in [-0.15, -0.1) is 0 Å². The van der Waals surface area contributed by atoms with Gasteiger partial charge < -0.3 is 10.0 Å². The largest absolute Gasteiger partial charge is 0.387 e. The van der Waals surface area contributed by atoms with Gasteiger partial charge in [-0.2, -0.15) is 0 Å². The lowest BCUT2D eigenvalue weighted by molar-refractivity contribution is -0.128.